The Morgan fingerprint density at radius 1 is 0.800 bits per heavy atom. The summed E-state index contributed by atoms with van der Waals surface area (Å²) in [6, 6.07) is 19.9. The van der Waals surface area contributed by atoms with Gasteiger partial charge in [-0.3, -0.25) is 9.13 Å². The van der Waals surface area contributed by atoms with E-state index in [9.17, 15) is 4.79 Å². The minimum atomic E-state index is -0.0684. The summed E-state index contributed by atoms with van der Waals surface area (Å²) in [6.07, 6.45) is 1.51. The monoisotopic (exact) mass is 442 g/mol. The third-order valence-electron chi connectivity index (χ3n) is 4.11. The summed E-state index contributed by atoms with van der Waals surface area (Å²) in [5.41, 5.74) is 3.53. The molecule has 0 bridgehead atoms. The van der Waals surface area contributed by atoms with Crippen LogP contribution in [0, 0.1) is 3.70 Å². The predicted octanol–water partition coefficient (Wildman–Crippen LogP) is 3.29. The van der Waals surface area contributed by atoms with Crippen LogP contribution >= 0.6 is 22.6 Å². The molecule has 0 saturated heterocycles. The molecule has 0 unspecified atom stereocenters. The van der Waals surface area contributed by atoms with Gasteiger partial charge < -0.3 is 0 Å². The predicted molar refractivity (Wildman–Crippen MR) is 106 cm³/mol. The van der Waals surface area contributed by atoms with Crippen molar-refractivity contribution in [1.29, 1.82) is 0 Å². The van der Waals surface area contributed by atoms with E-state index in [-0.39, 0.29) is 5.69 Å². The second-order valence-electron chi connectivity index (χ2n) is 5.76. The standard InChI is InChI=1S/C19H15IN4O/c20-17-16-18(22-13-21-17)24(12-15-9-5-2-6-10-15)19(25)23(16)11-14-7-3-1-4-8-14/h1-10,13H,11-12H2. The fourth-order valence-electron chi connectivity index (χ4n) is 2.93. The summed E-state index contributed by atoms with van der Waals surface area (Å²) >= 11 is 2.16. The molecule has 2 heterocycles. The highest BCUT2D eigenvalue weighted by Crippen LogP contribution is 2.18. The van der Waals surface area contributed by atoms with Crippen molar-refractivity contribution in [3.63, 3.8) is 0 Å². The first kappa shape index (κ1) is 16.0. The first-order chi connectivity index (χ1) is 12.2. The average molecular weight is 442 g/mol. The third-order valence-corrected chi connectivity index (χ3v) is 4.90. The minimum absolute atomic E-state index is 0.0684. The van der Waals surface area contributed by atoms with Gasteiger partial charge in [0.15, 0.2) is 5.65 Å². The van der Waals surface area contributed by atoms with Gasteiger partial charge in [0.1, 0.15) is 15.5 Å². The Labute approximate surface area is 158 Å². The molecule has 6 heteroatoms. The van der Waals surface area contributed by atoms with Crippen molar-refractivity contribution in [2.45, 2.75) is 13.1 Å². The van der Waals surface area contributed by atoms with Gasteiger partial charge in [0.25, 0.3) is 0 Å². The van der Waals surface area contributed by atoms with E-state index in [2.05, 4.69) is 32.6 Å². The van der Waals surface area contributed by atoms with Crippen LogP contribution in [-0.2, 0) is 13.1 Å². The second-order valence-corrected chi connectivity index (χ2v) is 6.78. The Morgan fingerprint density at radius 2 is 1.36 bits per heavy atom. The summed E-state index contributed by atoms with van der Waals surface area (Å²) in [4.78, 5) is 21.8. The van der Waals surface area contributed by atoms with E-state index < -0.39 is 0 Å². The number of rotatable bonds is 4. The van der Waals surface area contributed by atoms with Crippen LogP contribution in [0.15, 0.2) is 71.8 Å². The maximum absolute atomic E-state index is 13.1. The zero-order chi connectivity index (χ0) is 17.2. The molecule has 5 nitrogen and oxygen atoms in total. The van der Waals surface area contributed by atoms with E-state index in [1.54, 1.807) is 9.13 Å². The van der Waals surface area contributed by atoms with Crippen LogP contribution in [-0.4, -0.2) is 19.1 Å². The van der Waals surface area contributed by atoms with Gasteiger partial charge in [-0.05, 0) is 33.7 Å². The van der Waals surface area contributed by atoms with Gasteiger partial charge in [-0.15, -0.1) is 0 Å². The van der Waals surface area contributed by atoms with E-state index in [0.29, 0.717) is 18.7 Å². The topological polar surface area (TPSA) is 52.7 Å². The number of benzene rings is 2. The van der Waals surface area contributed by atoms with Crippen molar-refractivity contribution in [3.8, 4) is 0 Å². The fourth-order valence-corrected chi connectivity index (χ4v) is 3.59. The molecule has 0 atom stereocenters. The molecule has 0 aliphatic carbocycles. The Hall–Kier alpha value is -2.48. The number of aromatic nitrogens is 4. The van der Waals surface area contributed by atoms with Crippen LogP contribution in [0.3, 0.4) is 0 Å². The number of hydrogen-bond donors (Lipinski definition) is 0. The van der Waals surface area contributed by atoms with Crippen molar-refractivity contribution < 1.29 is 0 Å². The van der Waals surface area contributed by atoms with Crippen LogP contribution in [0.2, 0.25) is 0 Å². The van der Waals surface area contributed by atoms with Gasteiger partial charge in [-0.2, -0.15) is 0 Å². The number of nitrogens with zero attached hydrogens (tertiary/aromatic N) is 4. The van der Waals surface area contributed by atoms with E-state index in [1.807, 2.05) is 60.7 Å². The summed E-state index contributed by atoms with van der Waals surface area (Å²) in [5.74, 6) is 0. The first-order valence-electron chi connectivity index (χ1n) is 7.91. The van der Waals surface area contributed by atoms with E-state index in [4.69, 9.17) is 0 Å². The zero-order valence-corrected chi connectivity index (χ0v) is 15.5. The molecule has 0 aliphatic rings. The van der Waals surface area contributed by atoms with Crippen molar-refractivity contribution in [3.05, 3.63) is 92.3 Å². The normalized spacial score (nSPS) is 11.1. The molecule has 0 saturated carbocycles. The van der Waals surface area contributed by atoms with Crippen LogP contribution in [0.25, 0.3) is 11.2 Å². The molecule has 0 radical (unpaired) electrons. The van der Waals surface area contributed by atoms with Gasteiger partial charge >= 0.3 is 5.69 Å². The van der Waals surface area contributed by atoms with Crippen LogP contribution in [0.1, 0.15) is 11.1 Å². The molecular formula is C19H15IN4O. The maximum atomic E-state index is 13.1. The summed E-state index contributed by atoms with van der Waals surface area (Å²) < 4.78 is 4.26. The summed E-state index contributed by atoms with van der Waals surface area (Å²) in [6.45, 7) is 0.992. The second kappa shape index (κ2) is 6.79. The summed E-state index contributed by atoms with van der Waals surface area (Å²) in [5, 5.41) is 0. The van der Waals surface area contributed by atoms with Crippen LogP contribution in [0.4, 0.5) is 0 Å². The van der Waals surface area contributed by atoms with Crippen molar-refractivity contribution in [2.24, 2.45) is 0 Å². The Bertz CT molecular complexity index is 1070. The number of imidazole rings is 1. The number of halogens is 1. The van der Waals surface area contributed by atoms with E-state index in [1.165, 1.54) is 6.33 Å². The SMILES string of the molecule is O=c1n(Cc2ccccc2)c2ncnc(I)c2n1Cc1ccccc1. The molecule has 0 fully saturated rings. The third kappa shape index (κ3) is 3.09. The molecule has 0 aliphatic heterocycles. The molecular weight excluding hydrogens is 427 g/mol. The van der Waals surface area contributed by atoms with E-state index in [0.717, 1.165) is 20.3 Å². The van der Waals surface area contributed by atoms with Crippen molar-refractivity contribution in [2.75, 3.05) is 0 Å². The molecule has 0 spiro atoms. The molecule has 4 rings (SSSR count). The first-order valence-corrected chi connectivity index (χ1v) is 8.99. The highest BCUT2D eigenvalue weighted by Gasteiger charge is 2.17. The molecule has 4 aromatic rings. The van der Waals surface area contributed by atoms with Crippen LogP contribution in [0.5, 0.6) is 0 Å². The quantitative estimate of drug-likeness (QED) is 0.360. The Balaban J connectivity index is 1.88. The van der Waals surface area contributed by atoms with Gasteiger partial charge in [0.05, 0.1) is 13.1 Å². The van der Waals surface area contributed by atoms with Gasteiger partial charge in [-0.1, -0.05) is 60.7 Å². The lowest BCUT2D eigenvalue weighted by atomic mass is 10.2. The molecule has 2 aromatic carbocycles. The largest absolute Gasteiger partial charge is 0.331 e. The lowest BCUT2D eigenvalue weighted by Crippen LogP contribution is -2.25. The Kier molecular flexibility index (Phi) is 4.35. The minimum Gasteiger partial charge on any atom is -0.284 e. The van der Waals surface area contributed by atoms with Crippen LogP contribution < -0.4 is 5.69 Å². The van der Waals surface area contributed by atoms with Gasteiger partial charge in [0.2, 0.25) is 0 Å². The lowest BCUT2D eigenvalue weighted by Gasteiger charge is -2.04. The highest BCUT2D eigenvalue weighted by atomic mass is 127. The van der Waals surface area contributed by atoms with Gasteiger partial charge in [-0.25, -0.2) is 14.8 Å². The molecule has 0 N–H and O–H groups in total. The Morgan fingerprint density at radius 3 is 1.96 bits per heavy atom. The smallest absolute Gasteiger partial charge is 0.284 e. The lowest BCUT2D eigenvalue weighted by molar-refractivity contribution is 0.698. The highest BCUT2D eigenvalue weighted by molar-refractivity contribution is 14.1. The maximum Gasteiger partial charge on any atom is 0.331 e. The number of hydrogen-bond acceptors (Lipinski definition) is 3. The molecule has 0 amide bonds. The fraction of sp³-hybridized carbons (Fsp3) is 0.105. The molecule has 25 heavy (non-hydrogen) atoms. The van der Waals surface area contributed by atoms with Gasteiger partial charge in [0, 0.05) is 0 Å². The zero-order valence-electron chi connectivity index (χ0n) is 13.3. The molecule has 124 valence electrons. The summed E-state index contributed by atoms with van der Waals surface area (Å²) in [7, 11) is 0. The average Bonchev–Trinajstić information content (AvgIpc) is 2.90. The van der Waals surface area contributed by atoms with Crippen molar-refractivity contribution in [1.82, 2.24) is 19.1 Å². The number of fused-ring (bicyclic) bond motifs is 1. The van der Waals surface area contributed by atoms with Crippen molar-refractivity contribution >= 4 is 33.8 Å². The van der Waals surface area contributed by atoms with E-state index >= 15 is 0 Å². The molecule has 2 aromatic heterocycles.